The van der Waals surface area contributed by atoms with Gasteiger partial charge in [-0.15, -0.1) is 0 Å². The molecule has 2 fully saturated rings. The molecule has 3 atom stereocenters. The smallest absolute Gasteiger partial charge is 0.235 e. The summed E-state index contributed by atoms with van der Waals surface area (Å²) >= 11 is 0. The van der Waals surface area contributed by atoms with E-state index in [1.807, 2.05) is 6.07 Å². The molecular formula is C23H28N3O. The zero-order valence-corrected chi connectivity index (χ0v) is 15.7. The van der Waals surface area contributed by atoms with E-state index in [4.69, 9.17) is 5.73 Å². The lowest BCUT2D eigenvalue weighted by atomic mass is 9.94. The van der Waals surface area contributed by atoms with Crippen LogP contribution in [0.1, 0.15) is 17.5 Å². The molecule has 4 heteroatoms. The Balaban J connectivity index is 1.33. The van der Waals surface area contributed by atoms with Crippen LogP contribution in [0.3, 0.4) is 0 Å². The summed E-state index contributed by atoms with van der Waals surface area (Å²) in [6.45, 7) is 4.86. The second-order valence-electron chi connectivity index (χ2n) is 7.85. The zero-order valence-electron chi connectivity index (χ0n) is 15.7. The lowest BCUT2D eigenvalue weighted by Gasteiger charge is -2.27. The van der Waals surface area contributed by atoms with Crippen molar-refractivity contribution >= 4 is 5.91 Å². The highest BCUT2D eigenvalue weighted by molar-refractivity contribution is 5.80. The summed E-state index contributed by atoms with van der Waals surface area (Å²) in [5.41, 5.74) is 8.39. The van der Waals surface area contributed by atoms with Gasteiger partial charge in [-0.2, -0.15) is 0 Å². The molecule has 2 aliphatic heterocycles. The van der Waals surface area contributed by atoms with Crippen LogP contribution in [0.25, 0.3) is 0 Å². The van der Waals surface area contributed by atoms with Gasteiger partial charge in [0, 0.05) is 32.1 Å². The Labute approximate surface area is 162 Å². The average molecular weight is 362 g/mol. The van der Waals surface area contributed by atoms with Gasteiger partial charge in [0.05, 0.1) is 6.04 Å². The average Bonchev–Trinajstić information content (AvgIpc) is 3.20. The van der Waals surface area contributed by atoms with Gasteiger partial charge >= 0.3 is 0 Å². The van der Waals surface area contributed by atoms with Crippen LogP contribution in [0, 0.1) is 18.3 Å². The standard InChI is InChI=1S/C23H28N3O/c24-23(27)22-21-17-25(14-19-10-5-2-6-11-19)15-20(21)16-26(22)13-7-12-18-8-3-1-4-9-18/h1-6,8-12,20-22H,7,13-17H2,(H2,24,27). The van der Waals surface area contributed by atoms with Crippen LogP contribution in [-0.4, -0.2) is 47.9 Å². The quantitative estimate of drug-likeness (QED) is 0.823. The van der Waals surface area contributed by atoms with Crippen molar-refractivity contribution in [3.8, 4) is 0 Å². The van der Waals surface area contributed by atoms with Crippen LogP contribution in [0.15, 0.2) is 60.7 Å². The van der Waals surface area contributed by atoms with Crippen molar-refractivity contribution in [3.63, 3.8) is 0 Å². The van der Waals surface area contributed by atoms with Crippen molar-refractivity contribution in [2.45, 2.75) is 19.0 Å². The molecule has 2 aliphatic rings. The molecular weight excluding hydrogens is 334 g/mol. The monoisotopic (exact) mass is 362 g/mol. The molecule has 2 aromatic carbocycles. The summed E-state index contributed by atoms with van der Waals surface area (Å²) < 4.78 is 0. The minimum absolute atomic E-state index is 0.125. The van der Waals surface area contributed by atoms with E-state index in [-0.39, 0.29) is 11.9 Å². The number of carbonyl (C=O) groups is 1. The van der Waals surface area contributed by atoms with Crippen LogP contribution >= 0.6 is 0 Å². The van der Waals surface area contributed by atoms with E-state index in [0.717, 1.165) is 39.1 Å². The summed E-state index contributed by atoms with van der Waals surface area (Å²) in [5.74, 6) is 0.745. The molecule has 141 valence electrons. The molecule has 0 saturated carbocycles. The minimum Gasteiger partial charge on any atom is -0.368 e. The predicted octanol–water partition coefficient (Wildman–Crippen LogP) is 2.55. The molecule has 1 amide bonds. The first kappa shape index (κ1) is 18.2. The fourth-order valence-corrected chi connectivity index (χ4v) is 4.80. The maximum atomic E-state index is 12.2. The van der Waals surface area contributed by atoms with Gasteiger partial charge in [-0.3, -0.25) is 14.6 Å². The van der Waals surface area contributed by atoms with Crippen LogP contribution < -0.4 is 5.73 Å². The van der Waals surface area contributed by atoms with E-state index >= 15 is 0 Å². The SMILES string of the molecule is NC(=O)C1C2CN(Cc3ccccc3)CC2CN1CC[CH]c1ccccc1. The number of hydrogen-bond donors (Lipinski definition) is 1. The number of rotatable bonds is 7. The summed E-state index contributed by atoms with van der Waals surface area (Å²) in [6, 6.07) is 20.8. The van der Waals surface area contributed by atoms with E-state index in [1.165, 1.54) is 11.1 Å². The highest BCUT2D eigenvalue weighted by Crippen LogP contribution is 2.37. The number of primary amides is 1. The number of nitrogens with zero attached hydrogens (tertiary/aromatic N) is 2. The first-order chi connectivity index (χ1) is 13.2. The summed E-state index contributed by atoms with van der Waals surface area (Å²) in [4.78, 5) is 17.0. The van der Waals surface area contributed by atoms with Crippen molar-refractivity contribution in [3.05, 3.63) is 78.2 Å². The number of amides is 1. The fraction of sp³-hybridized carbons (Fsp3) is 0.391. The Morgan fingerprint density at radius 2 is 1.70 bits per heavy atom. The van der Waals surface area contributed by atoms with E-state index in [2.05, 4.69) is 70.8 Å². The molecule has 2 saturated heterocycles. The largest absolute Gasteiger partial charge is 0.368 e. The Hall–Kier alpha value is -2.17. The second kappa shape index (κ2) is 8.24. The fourth-order valence-electron chi connectivity index (χ4n) is 4.80. The molecule has 4 rings (SSSR count). The third-order valence-electron chi connectivity index (χ3n) is 5.97. The Morgan fingerprint density at radius 1 is 1.00 bits per heavy atom. The lowest BCUT2D eigenvalue weighted by molar-refractivity contribution is -0.123. The molecule has 2 aromatic rings. The van der Waals surface area contributed by atoms with Gasteiger partial charge in [-0.05, 0) is 36.4 Å². The molecule has 1 radical (unpaired) electrons. The molecule has 2 heterocycles. The number of hydrogen-bond acceptors (Lipinski definition) is 3. The molecule has 4 nitrogen and oxygen atoms in total. The summed E-state index contributed by atoms with van der Waals surface area (Å²) in [6.07, 6.45) is 3.19. The second-order valence-corrected chi connectivity index (χ2v) is 7.85. The summed E-state index contributed by atoms with van der Waals surface area (Å²) in [7, 11) is 0. The van der Waals surface area contributed by atoms with Crippen LogP contribution in [0.2, 0.25) is 0 Å². The van der Waals surface area contributed by atoms with Crippen molar-refractivity contribution in [2.75, 3.05) is 26.2 Å². The highest BCUT2D eigenvalue weighted by Gasteiger charge is 2.48. The number of likely N-dealkylation sites (tertiary alicyclic amines) is 2. The van der Waals surface area contributed by atoms with Crippen molar-refractivity contribution in [1.29, 1.82) is 0 Å². The number of benzene rings is 2. The van der Waals surface area contributed by atoms with Gasteiger partial charge < -0.3 is 5.73 Å². The highest BCUT2D eigenvalue weighted by atomic mass is 16.1. The molecule has 2 N–H and O–H groups in total. The third-order valence-corrected chi connectivity index (χ3v) is 5.97. The van der Waals surface area contributed by atoms with E-state index in [9.17, 15) is 4.79 Å². The lowest BCUT2D eigenvalue weighted by Crippen LogP contribution is -2.45. The molecule has 0 spiro atoms. The Morgan fingerprint density at radius 3 is 2.41 bits per heavy atom. The number of nitrogens with two attached hydrogens (primary N) is 1. The molecule has 0 aromatic heterocycles. The maximum Gasteiger partial charge on any atom is 0.235 e. The predicted molar refractivity (Wildman–Crippen MR) is 108 cm³/mol. The van der Waals surface area contributed by atoms with Gasteiger partial charge in [-0.1, -0.05) is 60.7 Å². The van der Waals surface area contributed by atoms with Gasteiger partial charge in [0.1, 0.15) is 0 Å². The van der Waals surface area contributed by atoms with E-state index < -0.39 is 0 Å². The zero-order chi connectivity index (χ0) is 18.6. The van der Waals surface area contributed by atoms with Gasteiger partial charge in [-0.25, -0.2) is 0 Å². The van der Waals surface area contributed by atoms with Crippen molar-refractivity contribution in [1.82, 2.24) is 9.80 Å². The molecule has 27 heavy (non-hydrogen) atoms. The number of fused-ring (bicyclic) bond motifs is 1. The topological polar surface area (TPSA) is 49.6 Å². The van der Waals surface area contributed by atoms with Crippen molar-refractivity contribution < 1.29 is 4.79 Å². The van der Waals surface area contributed by atoms with Crippen LogP contribution in [0.4, 0.5) is 0 Å². The first-order valence-electron chi connectivity index (χ1n) is 9.88. The number of carbonyl (C=O) groups excluding carboxylic acids is 1. The summed E-state index contributed by atoms with van der Waals surface area (Å²) in [5, 5.41) is 0. The van der Waals surface area contributed by atoms with Gasteiger partial charge in [0.2, 0.25) is 5.91 Å². The maximum absolute atomic E-state index is 12.2. The first-order valence-corrected chi connectivity index (χ1v) is 9.88. The minimum atomic E-state index is -0.163. The normalized spacial score (nSPS) is 25.6. The molecule has 0 aliphatic carbocycles. The van der Waals surface area contributed by atoms with Crippen LogP contribution in [0.5, 0.6) is 0 Å². The molecule has 0 bridgehead atoms. The van der Waals surface area contributed by atoms with E-state index in [0.29, 0.717) is 11.8 Å². The Kier molecular flexibility index (Phi) is 5.55. The Bertz CT molecular complexity index is 749. The third kappa shape index (κ3) is 4.23. The van der Waals surface area contributed by atoms with Gasteiger partial charge in [0.15, 0.2) is 0 Å². The van der Waals surface area contributed by atoms with Gasteiger partial charge in [0.25, 0.3) is 0 Å². The molecule has 3 unspecified atom stereocenters. The van der Waals surface area contributed by atoms with E-state index in [1.54, 1.807) is 0 Å². The van der Waals surface area contributed by atoms with Crippen LogP contribution in [-0.2, 0) is 11.3 Å². The van der Waals surface area contributed by atoms with Crippen molar-refractivity contribution in [2.24, 2.45) is 17.6 Å².